The summed E-state index contributed by atoms with van der Waals surface area (Å²) in [4.78, 5) is 2.25. The minimum atomic E-state index is -1.54. The van der Waals surface area contributed by atoms with Crippen LogP contribution in [-0.2, 0) is 19.6 Å². The first kappa shape index (κ1) is 14.1. The third-order valence-corrected chi connectivity index (χ3v) is 3.70. The Hall–Kier alpha value is -1.90. The number of methoxy groups -OCH3 is 1. The summed E-state index contributed by atoms with van der Waals surface area (Å²) >= 11 is 0. The van der Waals surface area contributed by atoms with Crippen molar-refractivity contribution in [3.63, 3.8) is 0 Å². The summed E-state index contributed by atoms with van der Waals surface area (Å²) in [5.74, 6) is 1.43. The number of nitrogens with zero attached hydrogens (tertiary/aromatic N) is 4. The highest BCUT2D eigenvalue weighted by atomic mass is 16.5. The lowest BCUT2D eigenvalue weighted by atomic mass is 9.78. The van der Waals surface area contributed by atoms with Crippen LogP contribution in [-0.4, -0.2) is 50.5 Å². The number of hydrogen-bond donors (Lipinski definition) is 2. The molecule has 0 aliphatic carbocycles. The first-order chi connectivity index (χ1) is 10.2. The molecule has 0 atom stereocenters. The Labute approximate surface area is 122 Å². The van der Waals surface area contributed by atoms with Gasteiger partial charge < -0.3 is 19.4 Å². The number of rotatable bonds is 4. The van der Waals surface area contributed by atoms with E-state index in [1.165, 1.54) is 7.11 Å². The van der Waals surface area contributed by atoms with E-state index in [9.17, 15) is 10.0 Å². The van der Waals surface area contributed by atoms with E-state index in [0.29, 0.717) is 11.2 Å². The summed E-state index contributed by atoms with van der Waals surface area (Å²) in [6.07, 6.45) is 1.75. The fourth-order valence-corrected chi connectivity index (χ4v) is 2.59. The smallest absolute Gasteiger partial charge is 0.492 e. The molecule has 0 radical (unpaired) electrons. The van der Waals surface area contributed by atoms with Crippen LogP contribution in [0.1, 0.15) is 11.4 Å². The Balaban J connectivity index is 1.75. The lowest BCUT2D eigenvalue weighted by molar-refractivity contribution is 0.209. The monoisotopic (exact) mass is 288 g/mol. The molecule has 3 rings (SSSR count). The molecule has 1 aromatic carbocycles. The van der Waals surface area contributed by atoms with Crippen LogP contribution < -0.4 is 10.2 Å². The molecule has 0 fully saturated rings. The largest absolute Gasteiger partial charge is 0.497 e. The third-order valence-electron chi connectivity index (χ3n) is 3.70. The van der Waals surface area contributed by atoms with Crippen molar-refractivity contribution in [2.75, 3.05) is 13.7 Å². The molecule has 1 aliphatic rings. The minimum Gasteiger partial charge on any atom is -0.497 e. The van der Waals surface area contributed by atoms with Crippen LogP contribution in [0, 0.1) is 0 Å². The second-order valence-electron chi connectivity index (χ2n) is 5.10. The summed E-state index contributed by atoms with van der Waals surface area (Å²) in [6, 6.07) is 5.46. The van der Waals surface area contributed by atoms with Gasteiger partial charge in [0.15, 0.2) is 0 Å². The van der Waals surface area contributed by atoms with Crippen LogP contribution in [0.3, 0.4) is 0 Å². The van der Waals surface area contributed by atoms with Crippen molar-refractivity contribution in [3.05, 3.63) is 35.9 Å². The third kappa shape index (κ3) is 2.92. The van der Waals surface area contributed by atoms with E-state index in [2.05, 4.69) is 15.1 Å². The summed E-state index contributed by atoms with van der Waals surface area (Å²) in [5, 5.41) is 26.8. The van der Waals surface area contributed by atoms with Gasteiger partial charge >= 0.3 is 7.12 Å². The molecule has 0 unspecified atom stereocenters. The predicted octanol–water partition coefficient (Wildman–Crippen LogP) is -1.02. The maximum absolute atomic E-state index is 9.41. The predicted molar refractivity (Wildman–Crippen MR) is 77.0 cm³/mol. The van der Waals surface area contributed by atoms with E-state index in [4.69, 9.17) is 4.74 Å². The minimum absolute atomic E-state index is 0.384. The quantitative estimate of drug-likeness (QED) is 0.701. The number of benzene rings is 1. The average molecular weight is 288 g/mol. The fourth-order valence-electron chi connectivity index (χ4n) is 2.59. The standard InChI is InChI=1S/C13H17BN4O3/c1-21-12-3-2-10(6-11(12)14(19)20)7-17-4-5-18-9-15-16-13(18)8-17/h2-3,6,9,19-20H,4-5,7-8H2,1H3. The van der Waals surface area contributed by atoms with E-state index in [1.807, 2.05) is 10.6 Å². The van der Waals surface area contributed by atoms with E-state index in [0.717, 1.165) is 37.6 Å². The van der Waals surface area contributed by atoms with Gasteiger partial charge in [-0.05, 0) is 11.6 Å². The van der Waals surface area contributed by atoms with Gasteiger partial charge in [0.1, 0.15) is 17.9 Å². The Morgan fingerprint density at radius 3 is 2.95 bits per heavy atom. The van der Waals surface area contributed by atoms with Crippen LogP contribution in [0.15, 0.2) is 24.5 Å². The van der Waals surface area contributed by atoms with Gasteiger partial charge in [0.25, 0.3) is 0 Å². The zero-order valence-electron chi connectivity index (χ0n) is 11.8. The van der Waals surface area contributed by atoms with Gasteiger partial charge in [0, 0.05) is 25.1 Å². The summed E-state index contributed by atoms with van der Waals surface area (Å²) in [6.45, 7) is 3.24. The number of aromatic nitrogens is 3. The molecule has 0 spiro atoms. The van der Waals surface area contributed by atoms with Crippen molar-refractivity contribution in [2.45, 2.75) is 19.6 Å². The van der Waals surface area contributed by atoms with Crippen molar-refractivity contribution in [1.29, 1.82) is 0 Å². The highest BCUT2D eigenvalue weighted by Crippen LogP contribution is 2.15. The Bertz CT molecular complexity index is 632. The Morgan fingerprint density at radius 2 is 2.19 bits per heavy atom. The van der Waals surface area contributed by atoms with E-state index in [1.54, 1.807) is 18.5 Å². The molecule has 1 aromatic heterocycles. The summed E-state index contributed by atoms with van der Waals surface area (Å²) in [7, 11) is -0.0254. The topological polar surface area (TPSA) is 83.6 Å². The van der Waals surface area contributed by atoms with Gasteiger partial charge in [-0.15, -0.1) is 10.2 Å². The maximum Gasteiger partial charge on any atom is 0.492 e. The first-order valence-corrected chi connectivity index (χ1v) is 6.79. The van der Waals surface area contributed by atoms with Gasteiger partial charge in [-0.25, -0.2) is 0 Å². The van der Waals surface area contributed by atoms with Crippen LogP contribution in [0.25, 0.3) is 0 Å². The molecule has 2 heterocycles. The first-order valence-electron chi connectivity index (χ1n) is 6.79. The number of fused-ring (bicyclic) bond motifs is 1. The lowest BCUT2D eigenvalue weighted by Gasteiger charge is -2.27. The normalized spacial score (nSPS) is 14.8. The molecule has 8 heteroatoms. The number of hydrogen-bond acceptors (Lipinski definition) is 6. The fraction of sp³-hybridized carbons (Fsp3) is 0.385. The zero-order valence-corrected chi connectivity index (χ0v) is 11.8. The molecule has 1 aliphatic heterocycles. The van der Waals surface area contributed by atoms with Crippen LogP contribution >= 0.6 is 0 Å². The lowest BCUT2D eigenvalue weighted by Crippen LogP contribution is -2.35. The molecule has 0 bridgehead atoms. The van der Waals surface area contributed by atoms with Crippen LogP contribution in [0.2, 0.25) is 0 Å². The molecule has 0 saturated heterocycles. The van der Waals surface area contributed by atoms with Gasteiger partial charge in [-0.2, -0.15) is 0 Å². The molecule has 2 aromatic rings. The molecule has 0 amide bonds. The maximum atomic E-state index is 9.41. The molecule has 7 nitrogen and oxygen atoms in total. The van der Waals surface area contributed by atoms with Crippen molar-refractivity contribution >= 4 is 12.6 Å². The molecule has 2 N–H and O–H groups in total. The highest BCUT2D eigenvalue weighted by molar-refractivity contribution is 6.59. The molecular formula is C13H17BN4O3. The zero-order chi connectivity index (χ0) is 14.8. The summed E-state index contributed by atoms with van der Waals surface area (Å²) < 4.78 is 7.18. The van der Waals surface area contributed by atoms with Gasteiger partial charge in [-0.1, -0.05) is 12.1 Å². The molecule has 110 valence electrons. The van der Waals surface area contributed by atoms with Crippen molar-refractivity contribution < 1.29 is 14.8 Å². The average Bonchev–Trinajstić information content (AvgIpc) is 2.94. The van der Waals surface area contributed by atoms with E-state index in [-0.39, 0.29) is 0 Å². The van der Waals surface area contributed by atoms with Crippen molar-refractivity contribution in [2.24, 2.45) is 0 Å². The molecular weight excluding hydrogens is 271 g/mol. The Kier molecular flexibility index (Phi) is 3.91. The highest BCUT2D eigenvalue weighted by Gasteiger charge is 2.20. The SMILES string of the molecule is COc1ccc(CN2CCn3cnnc3C2)cc1B(O)O. The summed E-state index contributed by atoms with van der Waals surface area (Å²) in [5.41, 5.74) is 1.39. The van der Waals surface area contributed by atoms with E-state index < -0.39 is 7.12 Å². The second kappa shape index (κ2) is 5.84. The molecule has 21 heavy (non-hydrogen) atoms. The second-order valence-corrected chi connectivity index (χ2v) is 5.10. The Morgan fingerprint density at radius 1 is 1.33 bits per heavy atom. The molecule has 0 saturated carbocycles. The van der Waals surface area contributed by atoms with Crippen LogP contribution in [0.5, 0.6) is 5.75 Å². The van der Waals surface area contributed by atoms with Gasteiger partial charge in [-0.3, -0.25) is 4.90 Å². The van der Waals surface area contributed by atoms with Crippen molar-refractivity contribution in [1.82, 2.24) is 19.7 Å². The van der Waals surface area contributed by atoms with E-state index >= 15 is 0 Å². The number of ether oxygens (including phenoxy) is 1. The van der Waals surface area contributed by atoms with Gasteiger partial charge in [0.2, 0.25) is 0 Å². The van der Waals surface area contributed by atoms with Crippen molar-refractivity contribution in [3.8, 4) is 5.75 Å². The van der Waals surface area contributed by atoms with Gasteiger partial charge in [0.05, 0.1) is 13.7 Å². The van der Waals surface area contributed by atoms with Crippen LogP contribution in [0.4, 0.5) is 0 Å².